The molecule has 0 bridgehead atoms. The molecule has 2 heterocycles. The van der Waals surface area contributed by atoms with Crippen LogP contribution in [0.5, 0.6) is 0 Å². The van der Waals surface area contributed by atoms with Gasteiger partial charge >= 0.3 is 0 Å². The highest BCUT2D eigenvalue weighted by Crippen LogP contribution is 2.53. The van der Waals surface area contributed by atoms with Crippen LogP contribution in [0.1, 0.15) is 32.1 Å². The smallest absolute Gasteiger partial charge is 0.224 e. The Labute approximate surface area is 178 Å². The van der Waals surface area contributed by atoms with Crippen LogP contribution >= 0.6 is 11.6 Å². The van der Waals surface area contributed by atoms with Gasteiger partial charge in [-0.2, -0.15) is 0 Å². The monoisotopic (exact) mass is 421 g/mol. The number of benzene rings is 1. The number of β-amino-alcohol motifs (C(OH)–C–C–N with tert-alkyl or cyclic N) is 1. The Kier molecular flexibility index (Phi) is 6.35. The second-order valence-electron chi connectivity index (χ2n) is 8.86. The van der Waals surface area contributed by atoms with Gasteiger partial charge in [0, 0.05) is 49.9 Å². The zero-order valence-electron chi connectivity index (χ0n) is 17.0. The second-order valence-corrected chi connectivity index (χ2v) is 9.29. The molecule has 1 saturated carbocycles. The van der Waals surface area contributed by atoms with Gasteiger partial charge < -0.3 is 24.9 Å². The standard InChI is InChI=1S/C22H32ClN3O3/c23-17-2-1-3-18(14-17)25-10-5-21(29)26(13-12-25)19(16-27)4-9-24-11-8-22(6-7-22)20(28)15-24/h1-3,14,19-20,27-28H,4-13,15-16H2. The zero-order chi connectivity index (χ0) is 20.4. The van der Waals surface area contributed by atoms with Gasteiger partial charge in [-0.1, -0.05) is 17.7 Å². The number of amides is 1. The number of aliphatic hydroxyl groups is 2. The van der Waals surface area contributed by atoms with Crippen LogP contribution in [0.15, 0.2) is 24.3 Å². The van der Waals surface area contributed by atoms with Gasteiger partial charge in [0.05, 0.1) is 18.8 Å². The lowest BCUT2D eigenvalue weighted by Gasteiger charge is -2.38. The fraction of sp³-hybridized carbons (Fsp3) is 0.682. The molecule has 1 spiro atoms. The highest BCUT2D eigenvalue weighted by Gasteiger charge is 2.51. The third-order valence-corrected chi connectivity index (χ3v) is 7.32. The third-order valence-electron chi connectivity index (χ3n) is 7.09. The first-order valence-corrected chi connectivity index (χ1v) is 11.2. The molecule has 3 fully saturated rings. The molecular formula is C22H32ClN3O3. The van der Waals surface area contributed by atoms with Crippen LogP contribution in [0, 0.1) is 5.41 Å². The van der Waals surface area contributed by atoms with Crippen molar-refractivity contribution in [3.63, 3.8) is 0 Å². The van der Waals surface area contributed by atoms with Crippen molar-refractivity contribution in [2.75, 3.05) is 50.8 Å². The van der Waals surface area contributed by atoms with Crippen LogP contribution in [-0.2, 0) is 4.79 Å². The average Bonchev–Trinajstić information content (AvgIpc) is 3.51. The topological polar surface area (TPSA) is 67.2 Å². The highest BCUT2D eigenvalue weighted by molar-refractivity contribution is 6.30. The van der Waals surface area contributed by atoms with Gasteiger partial charge in [0.15, 0.2) is 0 Å². The van der Waals surface area contributed by atoms with E-state index < -0.39 is 0 Å². The SMILES string of the molecule is O=C1CCN(c2cccc(Cl)c2)CCN1C(CO)CCN1CCC2(CC2)C(O)C1. The molecule has 1 aliphatic carbocycles. The normalized spacial score (nSPS) is 25.9. The van der Waals surface area contributed by atoms with E-state index in [1.165, 1.54) is 0 Å². The maximum absolute atomic E-state index is 12.8. The molecule has 160 valence electrons. The summed E-state index contributed by atoms with van der Waals surface area (Å²) in [6.07, 6.45) is 4.33. The molecule has 2 N–H and O–H groups in total. The lowest BCUT2D eigenvalue weighted by molar-refractivity contribution is -0.133. The molecule has 3 aliphatic rings. The summed E-state index contributed by atoms with van der Waals surface area (Å²) >= 11 is 6.12. The van der Waals surface area contributed by atoms with E-state index >= 15 is 0 Å². The Balaban J connectivity index is 1.32. The Morgan fingerprint density at radius 1 is 1.17 bits per heavy atom. The lowest BCUT2D eigenvalue weighted by atomic mass is 9.90. The first kappa shape index (κ1) is 20.9. The van der Waals surface area contributed by atoms with Gasteiger partial charge in [-0.3, -0.25) is 4.79 Å². The fourth-order valence-electron chi connectivity index (χ4n) is 4.86. The number of piperidine rings is 1. The predicted octanol–water partition coefficient (Wildman–Crippen LogP) is 1.98. The van der Waals surface area contributed by atoms with E-state index in [1.807, 2.05) is 29.2 Å². The summed E-state index contributed by atoms with van der Waals surface area (Å²) in [6.45, 7) is 4.49. The maximum Gasteiger partial charge on any atom is 0.224 e. The summed E-state index contributed by atoms with van der Waals surface area (Å²) in [4.78, 5) is 19.1. The number of hydrogen-bond donors (Lipinski definition) is 2. The van der Waals surface area contributed by atoms with Crippen molar-refractivity contribution in [1.82, 2.24) is 9.80 Å². The zero-order valence-corrected chi connectivity index (χ0v) is 17.7. The van der Waals surface area contributed by atoms with E-state index in [2.05, 4.69) is 9.80 Å². The molecule has 4 rings (SSSR count). The summed E-state index contributed by atoms with van der Waals surface area (Å²) < 4.78 is 0. The van der Waals surface area contributed by atoms with E-state index in [4.69, 9.17) is 11.6 Å². The Hall–Kier alpha value is -1.34. The van der Waals surface area contributed by atoms with Crippen molar-refractivity contribution in [2.45, 2.75) is 44.2 Å². The third kappa shape index (κ3) is 4.71. The minimum Gasteiger partial charge on any atom is -0.394 e. The van der Waals surface area contributed by atoms with Crippen LogP contribution in [0.4, 0.5) is 5.69 Å². The molecule has 6 nitrogen and oxygen atoms in total. The van der Waals surface area contributed by atoms with E-state index in [-0.39, 0.29) is 30.1 Å². The van der Waals surface area contributed by atoms with Gasteiger partial charge in [0.2, 0.25) is 5.91 Å². The average molecular weight is 422 g/mol. The molecular weight excluding hydrogens is 390 g/mol. The van der Waals surface area contributed by atoms with Gasteiger partial charge in [0.25, 0.3) is 0 Å². The van der Waals surface area contributed by atoms with E-state index in [9.17, 15) is 15.0 Å². The van der Waals surface area contributed by atoms with Crippen molar-refractivity contribution in [2.24, 2.45) is 5.41 Å². The number of rotatable bonds is 6. The van der Waals surface area contributed by atoms with Crippen LogP contribution in [0.25, 0.3) is 0 Å². The van der Waals surface area contributed by atoms with Crippen molar-refractivity contribution >= 4 is 23.2 Å². The summed E-state index contributed by atoms with van der Waals surface area (Å²) in [7, 11) is 0. The largest absolute Gasteiger partial charge is 0.394 e. The molecule has 0 aromatic heterocycles. The maximum atomic E-state index is 12.8. The summed E-state index contributed by atoms with van der Waals surface area (Å²) in [5, 5.41) is 21.1. The first-order valence-electron chi connectivity index (χ1n) is 10.8. The Bertz CT molecular complexity index is 727. The van der Waals surface area contributed by atoms with Crippen LogP contribution in [0.2, 0.25) is 5.02 Å². The van der Waals surface area contributed by atoms with Crippen molar-refractivity contribution in [3.05, 3.63) is 29.3 Å². The number of carbonyl (C=O) groups is 1. The summed E-state index contributed by atoms with van der Waals surface area (Å²) in [6, 6.07) is 7.56. The van der Waals surface area contributed by atoms with Crippen LogP contribution in [0.3, 0.4) is 0 Å². The van der Waals surface area contributed by atoms with E-state index in [1.54, 1.807) is 0 Å². The van der Waals surface area contributed by atoms with Crippen LogP contribution in [-0.4, -0.2) is 83.9 Å². The summed E-state index contributed by atoms with van der Waals surface area (Å²) in [5.41, 5.74) is 1.24. The number of hydrogen-bond acceptors (Lipinski definition) is 5. The van der Waals surface area contributed by atoms with Crippen molar-refractivity contribution in [3.8, 4) is 0 Å². The molecule has 1 aromatic rings. The Morgan fingerprint density at radius 3 is 2.69 bits per heavy atom. The number of anilines is 1. The van der Waals surface area contributed by atoms with Gasteiger partial charge in [0.1, 0.15) is 0 Å². The molecule has 29 heavy (non-hydrogen) atoms. The fourth-order valence-corrected chi connectivity index (χ4v) is 5.04. The van der Waals surface area contributed by atoms with Crippen LogP contribution < -0.4 is 4.90 Å². The lowest BCUT2D eigenvalue weighted by Crippen LogP contribution is -2.48. The minimum absolute atomic E-state index is 0.0246. The Morgan fingerprint density at radius 2 is 2.00 bits per heavy atom. The minimum atomic E-state index is -0.227. The molecule has 2 aliphatic heterocycles. The van der Waals surface area contributed by atoms with E-state index in [0.717, 1.165) is 51.0 Å². The van der Waals surface area contributed by atoms with Gasteiger partial charge in [-0.05, 0) is 55.8 Å². The van der Waals surface area contributed by atoms with Crippen molar-refractivity contribution in [1.29, 1.82) is 0 Å². The molecule has 0 radical (unpaired) electrons. The number of carbonyl (C=O) groups excluding carboxylic acids is 1. The second kappa shape index (κ2) is 8.80. The molecule has 2 unspecified atom stereocenters. The molecule has 7 heteroatoms. The molecule has 2 atom stereocenters. The number of halogens is 1. The summed E-state index contributed by atoms with van der Waals surface area (Å²) in [5.74, 6) is 0.101. The number of likely N-dealkylation sites (tertiary alicyclic amines) is 1. The number of aliphatic hydroxyl groups excluding tert-OH is 2. The van der Waals surface area contributed by atoms with Gasteiger partial charge in [-0.15, -0.1) is 0 Å². The predicted molar refractivity (Wildman–Crippen MR) is 114 cm³/mol. The quantitative estimate of drug-likeness (QED) is 0.735. The van der Waals surface area contributed by atoms with E-state index in [0.29, 0.717) is 31.1 Å². The highest BCUT2D eigenvalue weighted by atomic mass is 35.5. The number of nitrogens with zero attached hydrogens (tertiary/aromatic N) is 3. The first-order chi connectivity index (χ1) is 14.0. The molecule has 2 saturated heterocycles. The van der Waals surface area contributed by atoms with Gasteiger partial charge in [-0.25, -0.2) is 0 Å². The molecule has 1 aromatic carbocycles. The van der Waals surface area contributed by atoms with Crippen molar-refractivity contribution < 1.29 is 15.0 Å². The molecule has 1 amide bonds.